The standard InChI is InChI=1S/C28H30BrCl2N3O4S/c1-3-15-32-28(36)26(16-20-7-5-4-6-8-20)33(18-21-9-11-22(29)12-10-21)27(35)19-34(39(2,37)38)23-13-14-24(30)25(31)17-23/h4-14,17,26H,3,15-16,18-19H2,1-2H3,(H,32,36). The molecule has 0 aliphatic rings. The highest BCUT2D eigenvalue weighted by Crippen LogP contribution is 2.29. The first kappa shape index (κ1) is 30.9. The van der Waals surface area contributed by atoms with Crippen LogP contribution in [0, 0.1) is 0 Å². The van der Waals surface area contributed by atoms with Crippen LogP contribution in [-0.4, -0.2) is 50.5 Å². The van der Waals surface area contributed by atoms with Crippen molar-refractivity contribution in [1.82, 2.24) is 10.2 Å². The Kier molecular flexibility index (Phi) is 11.2. The van der Waals surface area contributed by atoms with E-state index in [9.17, 15) is 18.0 Å². The fourth-order valence-electron chi connectivity index (χ4n) is 3.96. The number of carbonyl (C=O) groups is 2. The summed E-state index contributed by atoms with van der Waals surface area (Å²) in [5.41, 5.74) is 1.85. The fourth-order valence-corrected chi connectivity index (χ4v) is 5.36. The number of benzene rings is 3. The lowest BCUT2D eigenvalue weighted by Crippen LogP contribution is -2.53. The summed E-state index contributed by atoms with van der Waals surface area (Å²) in [6.07, 6.45) is 1.99. The number of sulfonamides is 1. The third-order valence-corrected chi connectivity index (χ3v) is 8.37. The molecule has 208 valence electrons. The van der Waals surface area contributed by atoms with Crippen LogP contribution in [0.4, 0.5) is 5.69 Å². The summed E-state index contributed by atoms with van der Waals surface area (Å²) in [5.74, 6) is -0.853. The van der Waals surface area contributed by atoms with Gasteiger partial charge in [0, 0.05) is 24.0 Å². The Morgan fingerprint density at radius 1 is 0.949 bits per heavy atom. The maximum absolute atomic E-state index is 14.0. The Labute approximate surface area is 248 Å². The van der Waals surface area contributed by atoms with Crippen LogP contribution in [0.5, 0.6) is 0 Å². The Morgan fingerprint density at radius 3 is 2.21 bits per heavy atom. The number of nitrogens with one attached hydrogen (secondary N) is 1. The van der Waals surface area contributed by atoms with Crippen molar-refractivity contribution in [2.24, 2.45) is 0 Å². The van der Waals surface area contributed by atoms with Gasteiger partial charge in [0.25, 0.3) is 0 Å². The van der Waals surface area contributed by atoms with Crippen LogP contribution in [0.2, 0.25) is 10.0 Å². The first-order valence-corrected chi connectivity index (χ1v) is 15.7. The highest BCUT2D eigenvalue weighted by Gasteiger charge is 2.33. The molecule has 39 heavy (non-hydrogen) atoms. The van der Waals surface area contributed by atoms with Crippen molar-refractivity contribution in [3.05, 3.63) is 98.4 Å². The predicted octanol–water partition coefficient (Wildman–Crippen LogP) is 5.69. The second kappa shape index (κ2) is 14.2. The van der Waals surface area contributed by atoms with E-state index in [1.165, 1.54) is 23.1 Å². The van der Waals surface area contributed by atoms with Gasteiger partial charge >= 0.3 is 0 Å². The molecule has 1 N–H and O–H groups in total. The molecule has 7 nitrogen and oxygen atoms in total. The second-order valence-electron chi connectivity index (χ2n) is 9.01. The molecule has 0 fully saturated rings. The molecule has 0 radical (unpaired) electrons. The lowest BCUT2D eigenvalue weighted by Gasteiger charge is -2.33. The minimum absolute atomic E-state index is 0.0993. The lowest BCUT2D eigenvalue weighted by molar-refractivity contribution is -0.140. The van der Waals surface area contributed by atoms with Gasteiger partial charge in [0.15, 0.2) is 0 Å². The molecule has 0 bridgehead atoms. The van der Waals surface area contributed by atoms with Crippen molar-refractivity contribution in [2.45, 2.75) is 32.4 Å². The van der Waals surface area contributed by atoms with E-state index in [4.69, 9.17) is 23.2 Å². The summed E-state index contributed by atoms with van der Waals surface area (Å²) in [6, 6.07) is 20.2. The first-order chi connectivity index (χ1) is 18.5. The zero-order chi connectivity index (χ0) is 28.6. The molecule has 11 heteroatoms. The van der Waals surface area contributed by atoms with E-state index in [1.807, 2.05) is 61.5 Å². The topological polar surface area (TPSA) is 86.8 Å². The van der Waals surface area contributed by atoms with Gasteiger partial charge in [0.1, 0.15) is 12.6 Å². The van der Waals surface area contributed by atoms with E-state index >= 15 is 0 Å². The second-order valence-corrected chi connectivity index (χ2v) is 12.6. The minimum atomic E-state index is -3.90. The average molecular weight is 655 g/mol. The smallest absolute Gasteiger partial charge is 0.244 e. The van der Waals surface area contributed by atoms with Gasteiger partial charge in [-0.3, -0.25) is 13.9 Å². The monoisotopic (exact) mass is 653 g/mol. The summed E-state index contributed by atoms with van der Waals surface area (Å²) in [5, 5.41) is 3.32. The van der Waals surface area contributed by atoms with Gasteiger partial charge < -0.3 is 10.2 Å². The summed E-state index contributed by atoms with van der Waals surface area (Å²) in [7, 11) is -3.90. The van der Waals surface area contributed by atoms with E-state index in [0.717, 1.165) is 32.6 Å². The Morgan fingerprint density at radius 2 is 1.62 bits per heavy atom. The van der Waals surface area contributed by atoms with E-state index in [1.54, 1.807) is 0 Å². The van der Waals surface area contributed by atoms with Gasteiger partial charge in [-0.25, -0.2) is 8.42 Å². The molecular formula is C28H30BrCl2N3O4S. The molecule has 0 heterocycles. The van der Waals surface area contributed by atoms with E-state index in [0.29, 0.717) is 6.54 Å². The van der Waals surface area contributed by atoms with Crippen LogP contribution >= 0.6 is 39.1 Å². The van der Waals surface area contributed by atoms with Crippen molar-refractivity contribution >= 4 is 66.7 Å². The first-order valence-electron chi connectivity index (χ1n) is 12.3. The Balaban J connectivity index is 2.04. The van der Waals surface area contributed by atoms with Crippen LogP contribution in [-0.2, 0) is 32.6 Å². The highest BCUT2D eigenvalue weighted by molar-refractivity contribution is 9.10. The molecule has 0 spiro atoms. The van der Waals surface area contributed by atoms with E-state index in [2.05, 4.69) is 21.2 Å². The number of rotatable bonds is 12. The molecular weight excluding hydrogens is 625 g/mol. The number of hydrogen-bond acceptors (Lipinski definition) is 4. The van der Waals surface area contributed by atoms with E-state index < -0.39 is 28.5 Å². The van der Waals surface area contributed by atoms with Gasteiger partial charge in [-0.1, -0.05) is 88.5 Å². The molecule has 2 amide bonds. The van der Waals surface area contributed by atoms with Crippen molar-refractivity contribution in [1.29, 1.82) is 0 Å². The van der Waals surface area contributed by atoms with Crippen molar-refractivity contribution in [3.8, 4) is 0 Å². The average Bonchev–Trinajstić information content (AvgIpc) is 2.90. The molecule has 3 rings (SSSR count). The van der Waals surface area contributed by atoms with Crippen LogP contribution < -0.4 is 9.62 Å². The van der Waals surface area contributed by atoms with Crippen LogP contribution in [0.1, 0.15) is 24.5 Å². The summed E-state index contributed by atoms with van der Waals surface area (Å²) < 4.78 is 27.5. The van der Waals surface area contributed by atoms with E-state index in [-0.39, 0.29) is 34.6 Å². The lowest BCUT2D eigenvalue weighted by atomic mass is 10.0. The maximum Gasteiger partial charge on any atom is 0.244 e. The molecule has 3 aromatic carbocycles. The SMILES string of the molecule is CCCNC(=O)C(Cc1ccccc1)N(Cc1ccc(Br)cc1)C(=O)CN(c1ccc(Cl)c(Cl)c1)S(C)(=O)=O. The number of anilines is 1. The van der Waals surface area contributed by atoms with Gasteiger partial charge in [0.05, 0.1) is 22.0 Å². The third kappa shape index (κ3) is 8.96. The third-order valence-electron chi connectivity index (χ3n) is 5.96. The summed E-state index contributed by atoms with van der Waals surface area (Å²) in [6.45, 7) is 1.96. The van der Waals surface area contributed by atoms with Crippen molar-refractivity contribution < 1.29 is 18.0 Å². The fraction of sp³-hybridized carbons (Fsp3) is 0.286. The van der Waals surface area contributed by atoms with Gasteiger partial charge in [0.2, 0.25) is 21.8 Å². The normalized spacial score (nSPS) is 12.0. The minimum Gasteiger partial charge on any atom is -0.354 e. The summed E-state index contributed by atoms with van der Waals surface area (Å²) in [4.78, 5) is 28.9. The van der Waals surface area contributed by atoms with Gasteiger partial charge in [-0.05, 0) is 47.9 Å². The van der Waals surface area contributed by atoms with Crippen LogP contribution in [0.25, 0.3) is 0 Å². The number of nitrogens with zero attached hydrogens (tertiary/aromatic N) is 2. The number of carbonyl (C=O) groups excluding carboxylic acids is 2. The van der Waals surface area contributed by atoms with Crippen molar-refractivity contribution in [3.63, 3.8) is 0 Å². The summed E-state index contributed by atoms with van der Waals surface area (Å²) >= 11 is 15.6. The number of halogens is 3. The quantitative estimate of drug-likeness (QED) is 0.272. The molecule has 1 atom stereocenters. The number of hydrogen-bond donors (Lipinski definition) is 1. The molecule has 1 unspecified atom stereocenters. The Hall–Kier alpha value is -2.59. The predicted molar refractivity (Wildman–Crippen MR) is 161 cm³/mol. The van der Waals surface area contributed by atoms with Gasteiger partial charge in [-0.15, -0.1) is 0 Å². The van der Waals surface area contributed by atoms with Crippen LogP contribution in [0.15, 0.2) is 77.3 Å². The molecule has 3 aromatic rings. The highest BCUT2D eigenvalue weighted by atomic mass is 79.9. The largest absolute Gasteiger partial charge is 0.354 e. The zero-order valence-corrected chi connectivity index (χ0v) is 25.5. The Bertz CT molecular complexity index is 1390. The molecule has 0 aliphatic carbocycles. The molecule has 0 saturated heterocycles. The molecule has 0 aromatic heterocycles. The molecule has 0 saturated carbocycles. The molecule has 0 aliphatic heterocycles. The number of amides is 2. The van der Waals surface area contributed by atoms with Crippen molar-refractivity contribution in [2.75, 3.05) is 23.7 Å². The van der Waals surface area contributed by atoms with Crippen LogP contribution in [0.3, 0.4) is 0 Å². The zero-order valence-electron chi connectivity index (χ0n) is 21.6. The van der Waals surface area contributed by atoms with Gasteiger partial charge in [-0.2, -0.15) is 0 Å². The maximum atomic E-state index is 14.0.